The SMILES string of the molecule is COc1ccc(C(=O)c2ccc(OC)cc2C(N=[N+]=[N-])C(C)(C)C)c(C(N=[N+]=[N-])C(C)(C)C)c1. The standard InChI is InChI=1S/C25H32N6O3/c1-24(2,3)22(28-30-26)19-13-15(33-7)9-11-17(19)21(32)18-12-10-16(34-8)14-20(18)23(29-31-27)25(4,5)6/h9-14,22-23H,1-8H3. The van der Waals surface area contributed by atoms with Crippen LogP contribution >= 0.6 is 0 Å². The molecule has 180 valence electrons. The number of nitrogens with zero attached hydrogens (tertiary/aromatic N) is 6. The van der Waals surface area contributed by atoms with Gasteiger partial charge in [0.05, 0.1) is 26.3 Å². The van der Waals surface area contributed by atoms with Crippen LogP contribution in [-0.2, 0) is 0 Å². The van der Waals surface area contributed by atoms with Gasteiger partial charge in [0.25, 0.3) is 0 Å². The maximum Gasteiger partial charge on any atom is 0.193 e. The number of carbonyl (C=O) groups excluding carboxylic acids is 1. The van der Waals surface area contributed by atoms with Crippen LogP contribution in [0.1, 0.15) is 80.7 Å². The largest absolute Gasteiger partial charge is 0.497 e. The predicted molar refractivity (Wildman–Crippen MR) is 132 cm³/mol. The van der Waals surface area contributed by atoms with Crippen molar-refractivity contribution in [3.8, 4) is 11.5 Å². The molecule has 0 aromatic heterocycles. The molecule has 0 saturated carbocycles. The van der Waals surface area contributed by atoms with Crippen LogP contribution in [0, 0.1) is 10.8 Å². The van der Waals surface area contributed by atoms with Gasteiger partial charge in [-0.3, -0.25) is 4.79 Å². The number of carbonyl (C=O) groups is 1. The van der Waals surface area contributed by atoms with Crippen molar-refractivity contribution in [1.82, 2.24) is 0 Å². The van der Waals surface area contributed by atoms with Crippen molar-refractivity contribution in [1.29, 1.82) is 0 Å². The van der Waals surface area contributed by atoms with Gasteiger partial charge in [-0.25, -0.2) is 0 Å². The van der Waals surface area contributed by atoms with E-state index in [1.54, 1.807) is 36.4 Å². The van der Waals surface area contributed by atoms with E-state index in [1.807, 2.05) is 41.5 Å². The summed E-state index contributed by atoms with van der Waals surface area (Å²) in [5, 5.41) is 8.04. The van der Waals surface area contributed by atoms with E-state index in [1.165, 1.54) is 14.2 Å². The predicted octanol–water partition coefficient (Wildman–Crippen LogP) is 7.73. The summed E-state index contributed by atoms with van der Waals surface area (Å²) in [6.45, 7) is 11.6. The Bertz CT molecular complexity index is 1060. The summed E-state index contributed by atoms with van der Waals surface area (Å²) >= 11 is 0. The van der Waals surface area contributed by atoms with Gasteiger partial charge in [0, 0.05) is 21.0 Å². The van der Waals surface area contributed by atoms with Crippen molar-refractivity contribution >= 4 is 5.78 Å². The summed E-state index contributed by atoms with van der Waals surface area (Å²) < 4.78 is 10.8. The lowest BCUT2D eigenvalue weighted by atomic mass is 9.77. The first-order chi connectivity index (χ1) is 15.9. The van der Waals surface area contributed by atoms with Crippen LogP contribution in [0.5, 0.6) is 11.5 Å². The lowest BCUT2D eigenvalue weighted by molar-refractivity contribution is 0.103. The number of azide groups is 2. The van der Waals surface area contributed by atoms with Crippen LogP contribution < -0.4 is 9.47 Å². The third kappa shape index (κ3) is 5.81. The Kier molecular flexibility index (Phi) is 8.22. The average molecular weight is 465 g/mol. The molecular formula is C25H32N6O3. The Balaban J connectivity index is 2.85. The Morgan fingerprint density at radius 2 is 1.12 bits per heavy atom. The van der Waals surface area contributed by atoms with Crippen molar-refractivity contribution in [2.75, 3.05) is 14.2 Å². The fourth-order valence-electron chi connectivity index (χ4n) is 3.85. The zero-order chi connectivity index (χ0) is 25.7. The van der Waals surface area contributed by atoms with Crippen LogP contribution in [0.3, 0.4) is 0 Å². The first-order valence-electron chi connectivity index (χ1n) is 10.9. The Morgan fingerprint density at radius 1 is 0.765 bits per heavy atom. The maximum atomic E-state index is 14.0. The minimum absolute atomic E-state index is 0.278. The van der Waals surface area contributed by atoms with E-state index in [0.717, 1.165) is 0 Å². The van der Waals surface area contributed by atoms with Crippen molar-refractivity contribution in [3.63, 3.8) is 0 Å². The fourth-order valence-corrected chi connectivity index (χ4v) is 3.85. The highest BCUT2D eigenvalue weighted by Crippen LogP contribution is 2.43. The molecule has 9 heteroatoms. The van der Waals surface area contributed by atoms with Gasteiger partial charge < -0.3 is 9.47 Å². The molecule has 0 spiro atoms. The van der Waals surface area contributed by atoms with E-state index in [0.29, 0.717) is 33.8 Å². The minimum atomic E-state index is -0.621. The van der Waals surface area contributed by atoms with Crippen molar-refractivity contribution in [2.45, 2.75) is 53.6 Å². The summed E-state index contributed by atoms with van der Waals surface area (Å²) in [4.78, 5) is 20.1. The lowest BCUT2D eigenvalue weighted by Crippen LogP contribution is -2.22. The quantitative estimate of drug-likeness (QED) is 0.171. The normalized spacial score (nSPS) is 13.2. The molecule has 0 amide bonds. The van der Waals surface area contributed by atoms with E-state index >= 15 is 0 Å². The van der Waals surface area contributed by atoms with Gasteiger partial charge >= 0.3 is 0 Å². The highest BCUT2D eigenvalue weighted by atomic mass is 16.5. The zero-order valence-electron chi connectivity index (χ0n) is 21.0. The fraction of sp³-hybridized carbons (Fsp3) is 0.480. The van der Waals surface area contributed by atoms with E-state index in [9.17, 15) is 15.9 Å². The second-order valence-corrected chi connectivity index (χ2v) is 10.2. The number of rotatable bonds is 8. The number of ether oxygens (including phenoxy) is 2. The molecule has 0 aliphatic carbocycles. The van der Waals surface area contributed by atoms with Gasteiger partial charge in [-0.1, -0.05) is 51.8 Å². The Labute approximate surface area is 200 Å². The molecule has 0 radical (unpaired) electrons. The van der Waals surface area contributed by atoms with Crippen LogP contribution in [0.15, 0.2) is 46.6 Å². The lowest BCUT2D eigenvalue weighted by Gasteiger charge is -2.30. The van der Waals surface area contributed by atoms with Gasteiger partial charge in [-0.15, -0.1) is 0 Å². The molecule has 2 atom stereocenters. The molecule has 9 nitrogen and oxygen atoms in total. The molecule has 0 aliphatic rings. The number of hydrogen-bond acceptors (Lipinski definition) is 5. The molecule has 2 unspecified atom stereocenters. The number of benzene rings is 2. The van der Waals surface area contributed by atoms with Gasteiger partial charge in [-0.2, -0.15) is 0 Å². The monoisotopic (exact) mass is 464 g/mol. The van der Waals surface area contributed by atoms with Crippen molar-refractivity contribution in [2.24, 2.45) is 21.1 Å². The summed E-state index contributed by atoms with van der Waals surface area (Å²) in [6.07, 6.45) is 0. The highest BCUT2D eigenvalue weighted by molar-refractivity contribution is 6.11. The summed E-state index contributed by atoms with van der Waals surface area (Å²) in [6, 6.07) is 8.97. The second kappa shape index (κ2) is 10.5. The molecule has 2 aromatic carbocycles. The third-order valence-corrected chi connectivity index (χ3v) is 5.57. The van der Waals surface area contributed by atoms with Crippen LogP contribution in [-0.4, -0.2) is 20.0 Å². The molecule has 0 aliphatic heterocycles. The van der Waals surface area contributed by atoms with Crippen LogP contribution in [0.2, 0.25) is 0 Å². The second-order valence-electron chi connectivity index (χ2n) is 10.2. The maximum absolute atomic E-state index is 14.0. The van der Waals surface area contributed by atoms with E-state index in [4.69, 9.17) is 9.47 Å². The molecule has 0 saturated heterocycles. The first kappa shape index (κ1) is 26.6. The van der Waals surface area contributed by atoms with Gasteiger partial charge in [0.1, 0.15) is 11.5 Å². The summed E-state index contributed by atoms with van der Waals surface area (Å²) in [7, 11) is 3.07. The van der Waals surface area contributed by atoms with Crippen molar-refractivity contribution in [3.05, 3.63) is 79.5 Å². The molecular weight excluding hydrogens is 432 g/mol. The summed E-state index contributed by atoms with van der Waals surface area (Å²) in [5.41, 5.74) is 19.4. The average Bonchev–Trinajstić information content (AvgIpc) is 2.78. The third-order valence-electron chi connectivity index (χ3n) is 5.57. The Hall–Kier alpha value is -3.67. The molecule has 34 heavy (non-hydrogen) atoms. The molecule has 0 heterocycles. The minimum Gasteiger partial charge on any atom is -0.497 e. The van der Waals surface area contributed by atoms with E-state index < -0.39 is 22.9 Å². The molecule has 2 aromatic rings. The highest BCUT2D eigenvalue weighted by Gasteiger charge is 2.33. The van der Waals surface area contributed by atoms with E-state index in [-0.39, 0.29) is 5.78 Å². The van der Waals surface area contributed by atoms with E-state index in [2.05, 4.69) is 20.1 Å². The van der Waals surface area contributed by atoms with Gasteiger partial charge in [0.15, 0.2) is 5.78 Å². The van der Waals surface area contributed by atoms with Gasteiger partial charge in [-0.05, 0) is 69.4 Å². The zero-order valence-corrected chi connectivity index (χ0v) is 21.0. The topological polar surface area (TPSA) is 133 Å². The molecule has 2 rings (SSSR count). The Morgan fingerprint density at radius 3 is 1.38 bits per heavy atom. The first-order valence-corrected chi connectivity index (χ1v) is 10.9. The van der Waals surface area contributed by atoms with Crippen LogP contribution in [0.25, 0.3) is 20.9 Å². The number of methoxy groups -OCH3 is 2. The molecule has 0 fully saturated rings. The summed E-state index contributed by atoms with van der Waals surface area (Å²) in [5.74, 6) is 0.816. The number of hydrogen-bond donors (Lipinski definition) is 0. The molecule has 0 N–H and O–H groups in total. The van der Waals surface area contributed by atoms with Crippen LogP contribution in [0.4, 0.5) is 0 Å². The van der Waals surface area contributed by atoms with Gasteiger partial charge in [0.2, 0.25) is 0 Å². The smallest absolute Gasteiger partial charge is 0.193 e. The number of ketones is 1. The molecule has 0 bridgehead atoms. The van der Waals surface area contributed by atoms with Crippen molar-refractivity contribution < 1.29 is 14.3 Å².